The van der Waals surface area contributed by atoms with E-state index in [1.807, 2.05) is 0 Å². The molecule has 12 heteroatoms. The summed E-state index contributed by atoms with van der Waals surface area (Å²) in [6, 6.07) is 12.4. The van der Waals surface area contributed by atoms with Crippen molar-refractivity contribution in [1.29, 1.82) is 0 Å². The number of aliphatic hydroxyl groups excluding tert-OH is 1. The lowest BCUT2D eigenvalue weighted by Crippen LogP contribution is -2.37. The molecule has 0 saturated carbocycles. The molecule has 0 fully saturated rings. The number of hydrogen-bond donors (Lipinski definition) is 1. The fourth-order valence-corrected chi connectivity index (χ4v) is 3.46. The van der Waals surface area contributed by atoms with E-state index in [-0.39, 0.29) is 23.1 Å². The molecule has 0 amide bonds. The predicted octanol–water partition coefficient (Wildman–Crippen LogP) is 6.12. The van der Waals surface area contributed by atoms with Crippen molar-refractivity contribution in [2.24, 2.45) is 0 Å². The van der Waals surface area contributed by atoms with Crippen LogP contribution >= 0.6 is 11.6 Å². The van der Waals surface area contributed by atoms with Crippen molar-refractivity contribution in [2.75, 3.05) is 24.6 Å². The van der Waals surface area contributed by atoms with Gasteiger partial charge in [0, 0.05) is 11.3 Å². The van der Waals surface area contributed by atoms with E-state index in [1.165, 1.54) is 42.6 Å². The van der Waals surface area contributed by atoms with Crippen LogP contribution in [0.4, 0.5) is 32.0 Å². The van der Waals surface area contributed by atoms with Crippen LogP contribution in [0.3, 0.4) is 0 Å². The molecule has 0 aliphatic carbocycles. The van der Waals surface area contributed by atoms with E-state index in [1.54, 1.807) is 6.07 Å². The van der Waals surface area contributed by atoms with Crippen molar-refractivity contribution >= 4 is 23.1 Å². The Bertz CT molecular complexity index is 1170. The number of hydrogen-bond acceptors (Lipinski definition) is 5. The molecule has 2 aromatic carbocycles. The zero-order chi connectivity index (χ0) is 26.5. The van der Waals surface area contributed by atoms with Crippen molar-refractivity contribution in [3.05, 3.63) is 88.7 Å². The molecule has 3 rings (SSSR count). The molecular weight excluding hydrogens is 514 g/mol. The van der Waals surface area contributed by atoms with Gasteiger partial charge >= 0.3 is 12.4 Å². The van der Waals surface area contributed by atoms with E-state index in [2.05, 4.69) is 4.98 Å². The van der Waals surface area contributed by atoms with Crippen LogP contribution in [0, 0.1) is 0 Å². The predicted molar refractivity (Wildman–Crippen MR) is 120 cm³/mol. The first-order valence-electron chi connectivity index (χ1n) is 10.4. The van der Waals surface area contributed by atoms with Gasteiger partial charge in [0.1, 0.15) is 30.2 Å². The first-order valence-corrected chi connectivity index (χ1v) is 10.8. The average molecular weight is 533 g/mol. The Morgan fingerprint density at radius 2 is 1.72 bits per heavy atom. The second-order valence-electron chi connectivity index (χ2n) is 7.61. The Kier molecular flexibility index (Phi) is 8.47. The molecule has 1 heterocycles. The number of nitrogens with zero attached hydrogens (tertiary/aromatic N) is 2. The summed E-state index contributed by atoms with van der Waals surface area (Å²) in [6.45, 7) is -2.31. The fraction of sp³-hybridized carbons (Fsp3) is 0.250. The summed E-state index contributed by atoms with van der Waals surface area (Å²) in [5.74, 6) is -1.03. The highest BCUT2D eigenvalue weighted by atomic mass is 35.5. The third kappa shape index (κ3) is 7.34. The third-order valence-electron chi connectivity index (χ3n) is 5.00. The van der Waals surface area contributed by atoms with Crippen LogP contribution in [0.2, 0.25) is 5.15 Å². The van der Waals surface area contributed by atoms with Crippen LogP contribution in [-0.4, -0.2) is 41.7 Å². The third-order valence-corrected chi connectivity index (χ3v) is 5.23. The minimum atomic E-state index is -5.08. The molecule has 1 unspecified atom stereocenters. The Labute approximate surface area is 206 Å². The number of carbonyl (C=O) groups excluding carboxylic acids is 1. The number of pyridine rings is 1. The van der Waals surface area contributed by atoms with Crippen LogP contribution < -0.4 is 9.64 Å². The molecule has 0 aliphatic heterocycles. The second-order valence-corrected chi connectivity index (χ2v) is 7.99. The lowest BCUT2D eigenvalue weighted by atomic mass is 9.95. The number of ketones is 1. The molecule has 0 bridgehead atoms. The molecule has 3 aromatic rings. The van der Waals surface area contributed by atoms with Gasteiger partial charge in [-0.2, -0.15) is 26.3 Å². The molecule has 0 saturated heterocycles. The highest BCUT2D eigenvalue weighted by Gasteiger charge is 2.38. The van der Waals surface area contributed by atoms with E-state index in [4.69, 9.17) is 16.3 Å². The van der Waals surface area contributed by atoms with Crippen molar-refractivity contribution < 1.29 is 41.0 Å². The minimum Gasteiger partial charge on any atom is -0.490 e. The number of aliphatic hydroxyl groups is 1. The van der Waals surface area contributed by atoms with Gasteiger partial charge in [0.15, 0.2) is 5.78 Å². The van der Waals surface area contributed by atoms with E-state index in [0.29, 0.717) is 11.0 Å². The molecule has 1 N–H and O–H groups in total. The summed E-state index contributed by atoms with van der Waals surface area (Å²) in [4.78, 5) is 17.1. The van der Waals surface area contributed by atoms with Gasteiger partial charge in [-0.1, -0.05) is 41.9 Å². The smallest absolute Gasteiger partial charge is 0.417 e. The van der Waals surface area contributed by atoms with E-state index >= 15 is 0 Å². The highest BCUT2D eigenvalue weighted by Crippen LogP contribution is 2.37. The zero-order valence-corrected chi connectivity index (χ0v) is 19.1. The molecule has 0 spiro atoms. The number of Topliss-reactive ketones (excluding diaryl/α,β-unsaturated/α-hetero) is 1. The zero-order valence-electron chi connectivity index (χ0n) is 18.4. The second kappa shape index (κ2) is 11.2. The van der Waals surface area contributed by atoms with Gasteiger partial charge in [-0.05, 0) is 35.9 Å². The summed E-state index contributed by atoms with van der Waals surface area (Å²) in [5, 5.41) is 10.5. The molecule has 5 nitrogen and oxygen atoms in total. The van der Waals surface area contributed by atoms with Gasteiger partial charge in [0.2, 0.25) is 0 Å². The lowest BCUT2D eigenvalue weighted by Gasteiger charge is -2.27. The largest absolute Gasteiger partial charge is 0.490 e. The SMILES string of the molecule is O=C(c1ccc(N(CCOc2ccc(Cl)nc2)CC(F)(F)F)cc1C(F)(F)F)C(O)c1ccccc1. The number of ether oxygens (including phenoxy) is 1. The number of alkyl halides is 6. The van der Waals surface area contributed by atoms with Crippen LogP contribution in [-0.2, 0) is 6.18 Å². The standard InChI is InChI=1S/C24H19ClF6N2O3/c25-20-9-7-17(13-32-20)36-11-10-33(14-23(26,27)28)16-6-8-18(19(12-16)24(29,30)31)22(35)21(34)15-4-2-1-3-5-15/h1-9,12-13,21,34H,10-11,14H2. The van der Waals surface area contributed by atoms with Gasteiger partial charge in [0.25, 0.3) is 0 Å². The fourth-order valence-electron chi connectivity index (χ4n) is 3.35. The van der Waals surface area contributed by atoms with E-state index < -0.39 is 54.1 Å². The summed E-state index contributed by atoms with van der Waals surface area (Å²) in [6.07, 6.45) is -10.5. The van der Waals surface area contributed by atoms with Crippen molar-refractivity contribution in [1.82, 2.24) is 4.98 Å². The van der Waals surface area contributed by atoms with E-state index in [9.17, 15) is 36.2 Å². The maximum atomic E-state index is 13.8. The number of halogens is 7. The number of rotatable bonds is 9. The number of anilines is 1. The van der Waals surface area contributed by atoms with Gasteiger partial charge in [0.05, 0.1) is 18.3 Å². The number of benzene rings is 2. The minimum absolute atomic E-state index is 0.0761. The van der Waals surface area contributed by atoms with Crippen molar-refractivity contribution in [3.63, 3.8) is 0 Å². The van der Waals surface area contributed by atoms with Crippen molar-refractivity contribution in [3.8, 4) is 5.75 Å². The molecule has 192 valence electrons. The van der Waals surface area contributed by atoms with E-state index in [0.717, 1.165) is 12.1 Å². The summed E-state index contributed by atoms with van der Waals surface area (Å²) in [5.41, 5.74) is -2.68. The van der Waals surface area contributed by atoms with Gasteiger partial charge < -0.3 is 14.7 Å². The molecule has 36 heavy (non-hydrogen) atoms. The Hall–Kier alpha value is -3.31. The maximum absolute atomic E-state index is 13.8. The normalized spacial score (nSPS) is 12.8. The summed E-state index contributed by atoms with van der Waals surface area (Å²) in [7, 11) is 0. The van der Waals surface area contributed by atoms with Crippen molar-refractivity contribution in [2.45, 2.75) is 18.5 Å². The molecule has 0 radical (unpaired) electrons. The van der Waals surface area contributed by atoms with Crippen LogP contribution in [0.5, 0.6) is 5.75 Å². The summed E-state index contributed by atoms with van der Waals surface area (Å²) < 4.78 is 86.5. The van der Waals surface area contributed by atoms with Crippen LogP contribution in [0.15, 0.2) is 66.9 Å². The van der Waals surface area contributed by atoms with Gasteiger partial charge in [-0.15, -0.1) is 0 Å². The molecule has 1 atom stereocenters. The maximum Gasteiger partial charge on any atom is 0.417 e. The highest BCUT2D eigenvalue weighted by molar-refractivity contribution is 6.29. The number of carbonyl (C=O) groups is 1. The molecule has 0 aliphatic rings. The van der Waals surface area contributed by atoms with Gasteiger partial charge in [-0.3, -0.25) is 4.79 Å². The Morgan fingerprint density at radius 1 is 1.03 bits per heavy atom. The first kappa shape index (κ1) is 27.3. The van der Waals surface area contributed by atoms with Gasteiger partial charge in [-0.25, -0.2) is 4.98 Å². The first-order chi connectivity index (χ1) is 16.8. The van der Waals surface area contributed by atoms with Crippen LogP contribution in [0.1, 0.15) is 27.6 Å². The average Bonchev–Trinajstić information content (AvgIpc) is 2.82. The topological polar surface area (TPSA) is 62.7 Å². The lowest BCUT2D eigenvalue weighted by molar-refractivity contribution is -0.137. The Balaban J connectivity index is 1.89. The quantitative estimate of drug-likeness (QED) is 0.204. The molecule has 1 aromatic heterocycles. The monoisotopic (exact) mass is 532 g/mol. The molecular formula is C24H19ClF6N2O3. The summed E-state index contributed by atoms with van der Waals surface area (Å²) >= 11 is 5.66. The van der Waals surface area contributed by atoms with Crippen LogP contribution in [0.25, 0.3) is 0 Å². The Morgan fingerprint density at radius 3 is 2.31 bits per heavy atom. The number of aromatic nitrogens is 1.